The molecule has 4 heterocycles. The molecule has 1 fully saturated rings. The first-order valence-electron chi connectivity index (χ1n) is 6.70. The summed E-state index contributed by atoms with van der Waals surface area (Å²) in [6.07, 6.45) is 1.95. The summed E-state index contributed by atoms with van der Waals surface area (Å²) in [4.78, 5) is 21.0. The molecule has 0 aliphatic carbocycles. The van der Waals surface area contributed by atoms with Crippen molar-refractivity contribution in [3.63, 3.8) is 0 Å². The maximum Gasteiger partial charge on any atom is 0.271 e. The predicted octanol–water partition coefficient (Wildman–Crippen LogP) is 2.60. The third-order valence-corrected chi connectivity index (χ3v) is 5.23. The second-order valence-corrected chi connectivity index (χ2v) is 6.57. The van der Waals surface area contributed by atoms with Crippen molar-refractivity contribution >= 4 is 33.5 Å². The van der Waals surface area contributed by atoms with E-state index in [0.29, 0.717) is 32.0 Å². The number of morpholine rings is 1. The summed E-state index contributed by atoms with van der Waals surface area (Å²) in [6.45, 7) is 2.54. The molecule has 21 heavy (non-hydrogen) atoms. The lowest BCUT2D eigenvalue weighted by atomic mass is 10.3. The zero-order chi connectivity index (χ0) is 14.2. The maximum absolute atomic E-state index is 12.6. The van der Waals surface area contributed by atoms with Gasteiger partial charge < -0.3 is 9.64 Å². The molecular formula is C14H13N3O2S2. The van der Waals surface area contributed by atoms with Gasteiger partial charge in [0.25, 0.3) is 5.91 Å². The molecule has 108 valence electrons. The fraction of sp³-hybridized carbons (Fsp3) is 0.286. The molecule has 0 atom stereocenters. The number of fused-ring (bicyclic) bond motifs is 1. The van der Waals surface area contributed by atoms with Crippen LogP contribution in [-0.2, 0) is 4.74 Å². The first-order valence-corrected chi connectivity index (χ1v) is 8.46. The van der Waals surface area contributed by atoms with Gasteiger partial charge >= 0.3 is 0 Å². The fourth-order valence-corrected chi connectivity index (χ4v) is 3.94. The average molecular weight is 319 g/mol. The van der Waals surface area contributed by atoms with E-state index in [2.05, 4.69) is 4.98 Å². The number of rotatable bonds is 2. The first-order chi connectivity index (χ1) is 10.3. The first kappa shape index (κ1) is 13.0. The van der Waals surface area contributed by atoms with Crippen molar-refractivity contribution in [1.29, 1.82) is 0 Å². The standard InChI is InChI=1S/C14H13N3O2S2/c18-13(16-3-5-19-6-4-16)11-9-21-14-15-10(8-17(11)14)12-2-1-7-20-12/h1-2,7-9H,3-6H2. The highest BCUT2D eigenvalue weighted by molar-refractivity contribution is 7.15. The van der Waals surface area contributed by atoms with Gasteiger partial charge in [0, 0.05) is 24.7 Å². The summed E-state index contributed by atoms with van der Waals surface area (Å²) in [5.41, 5.74) is 1.61. The monoisotopic (exact) mass is 319 g/mol. The molecule has 0 radical (unpaired) electrons. The fourth-order valence-electron chi connectivity index (χ4n) is 2.41. The number of ether oxygens (including phenoxy) is 1. The summed E-state index contributed by atoms with van der Waals surface area (Å²) < 4.78 is 7.20. The Morgan fingerprint density at radius 2 is 2.14 bits per heavy atom. The third-order valence-electron chi connectivity index (χ3n) is 3.50. The van der Waals surface area contributed by atoms with Crippen LogP contribution < -0.4 is 0 Å². The van der Waals surface area contributed by atoms with Gasteiger partial charge in [0.05, 0.1) is 18.1 Å². The van der Waals surface area contributed by atoms with Gasteiger partial charge in [-0.3, -0.25) is 9.20 Å². The molecule has 0 aromatic carbocycles. The number of thiophene rings is 1. The summed E-state index contributed by atoms with van der Waals surface area (Å²) in [5, 5.41) is 3.92. The number of hydrogen-bond donors (Lipinski definition) is 0. The van der Waals surface area contributed by atoms with E-state index in [4.69, 9.17) is 4.74 Å². The van der Waals surface area contributed by atoms with E-state index in [1.807, 2.05) is 38.4 Å². The van der Waals surface area contributed by atoms with Gasteiger partial charge in [0.1, 0.15) is 11.4 Å². The van der Waals surface area contributed by atoms with Crippen molar-refractivity contribution in [1.82, 2.24) is 14.3 Å². The van der Waals surface area contributed by atoms with E-state index in [0.717, 1.165) is 15.5 Å². The molecule has 1 aliphatic heterocycles. The molecule has 1 saturated heterocycles. The SMILES string of the molecule is O=C(c1csc2nc(-c3cccs3)cn12)N1CCOCC1. The highest BCUT2D eigenvalue weighted by Gasteiger charge is 2.22. The van der Waals surface area contributed by atoms with Crippen LogP contribution in [0.25, 0.3) is 15.5 Å². The van der Waals surface area contributed by atoms with Gasteiger partial charge in [0.15, 0.2) is 4.96 Å². The van der Waals surface area contributed by atoms with Crippen molar-refractivity contribution in [3.05, 3.63) is 34.8 Å². The molecule has 0 unspecified atom stereocenters. The van der Waals surface area contributed by atoms with Gasteiger partial charge in [0.2, 0.25) is 0 Å². The molecule has 5 nitrogen and oxygen atoms in total. The van der Waals surface area contributed by atoms with Gasteiger partial charge in [-0.1, -0.05) is 6.07 Å². The highest BCUT2D eigenvalue weighted by Crippen LogP contribution is 2.27. The Bertz CT molecular complexity index is 769. The maximum atomic E-state index is 12.6. The Morgan fingerprint density at radius 1 is 1.29 bits per heavy atom. The molecule has 4 rings (SSSR count). The van der Waals surface area contributed by atoms with Crippen LogP contribution in [0.5, 0.6) is 0 Å². The normalized spacial score (nSPS) is 15.7. The number of carbonyl (C=O) groups excluding carboxylic acids is 1. The van der Waals surface area contributed by atoms with Crippen LogP contribution in [0.15, 0.2) is 29.1 Å². The van der Waals surface area contributed by atoms with Crippen LogP contribution in [0.4, 0.5) is 0 Å². The van der Waals surface area contributed by atoms with E-state index in [-0.39, 0.29) is 5.91 Å². The van der Waals surface area contributed by atoms with E-state index in [9.17, 15) is 4.79 Å². The van der Waals surface area contributed by atoms with Crippen molar-refractivity contribution in [2.24, 2.45) is 0 Å². The number of carbonyl (C=O) groups is 1. The predicted molar refractivity (Wildman–Crippen MR) is 83.1 cm³/mol. The lowest BCUT2D eigenvalue weighted by molar-refractivity contribution is 0.0298. The van der Waals surface area contributed by atoms with E-state index >= 15 is 0 Å². The van der Waals surface area contributed by atoms with Crippen LogP contribution >= 0.6 is 22.7 Å². The smallest absolute Gasteiger partial charge is 0.271 e. The van der Waals surface area contributed by atoms with Gasteiger partial charge in [-0.15, -0.1) is 22.7 Å². The number of thiazole rings is 1. The molecule has 3 aromatic heterocycles. The second-order valence-electron chi connectivity index (χ2n) is 4.78. The van der Waals surface area contributed by atoms with Crippen LogP contribution in [0.2, 0.25) is 0 Å². The summed E-state index contributed by atoms with van der Waals surface area (Å²) in [7, 11) is 0. The molecule has 0 bridgehead atoms. The van der Waals surface area contributed by atoms with Crippen molar-refractivity contribution < 1.29 is 9.53 Å². The Morgan fingerprint density at radius 3 is 2.90 bits per heavy atom. The lowest BCUT2D eigenvalue weighted by Gasteiger charge is -2.26. The van der Waals surface area contributed by atoms with E-state index in [1.165, 1.54) is 11.3 Å². The highest BCUT2D eigenvalue weighted by atomic mass is 32.1. The van der Waals surface area contributed by atoms with Crippen LogP contribution in [0, 0.1) is 0 Å². The van der Waals surface area contributed by atoms with Crippen molar-refractivity contribution in [2.45, 2.75) is 0 Å². The zero-order valence-electron chi connectivity index (χ0n) is 11.2. The molecule has 7 heteroatoms. The van der Waals surface area contributed by atoms with Crippen LogP contribution in [0.3, 0.4) is 0 Å². The number of amides is 1. The Hall–Kier alpha value is -1.70. The Labute approximate surface area is 129 Å². The minimum Gasteiger partial charge on any atom is -0.378 e. The molecule has 0 spiro atoms. The number of imidazole rings is 1. The lowest BCUT2D eigenvalue weighted by Crippen LogP contribution is -2.41. The quantitative estimate of drug-likeness (QED) is 0.729. The van der Waals surface area contributed by atoms with E-state index < -0.39 is 0 Å². The average Bonchev–Trinajstić information content (AvgIpc) is 3.23. The topological polar surface area (TPSA) is 46.8 Å². The third kappa shape index (κ3) is 2.27. The number of hydrogen-bond acceptors (Lipinski definition) is 5. The molecule has 0 N–H and O–H groups in total. The number of nitrogens with zero attached hydrogens (tertiary/aromatic N) is 3. The summed E-state index contributed by atoms with van der Waals surface area (Å²) >= 11 is 3.16. The minimum atomic E-state index is 0.0553. The molecule has 1 aliphatic rings. The Balaban J connectivity index is 1.70. The van der Waals surface area contributed by atoms with Gasteiger partial charge in [-0.05, 0) is 11.4 Å². The molecular weight excluding hydrogens is 306 g/mol. The summed E-state index contributed by atoms with van der Waals surface area (Å²) in [6, 6.07) is 4.05. The summed E-state index contributed by atoms with van der Waals surface area (Å²) in [5.74, 6) is 0.0553. The van der Waals surface area contributed by atoms with Gasteiger partial charge in [-0.2, -0.15) is 0 Å². The Kier molecular flexibility index (Phi) is 3.25. The minimum absolute atomic E-state index is 0.0553. The molecule has 3 aromatic rings. The zero-order valence-corrected chi connectivity index (χ0v) is 12.8. The molecule has 0 saturated carbocycles. The van der Waals surface area contributed by atoms with Crippen LogP contribution in [-0.4, -0.2) is 46.5 Å². The number of aromatic nitrogens is 2. The van der Waals surface area contributed by atoms with Gasteiger partial charge in [-0.25, -0.2) is 4.98 Å². The molecule has 1 amide bonds. The van der Waals surface area contributed by atoms with Crippen molar-refractivity contribution in [3.8, 4) is 10.6 Å². The van der Waals surface area contributed by atoms with Crippen LogP contribution in [0.1, 0.15) is 10.5 Å². The second kappa shape index (κ2) is 5.25. The largest absolute Gasteiger partial charge is 0.378 e. The van der Waals surface area contributed by atoms with Crippen molar-refractivity contribution in [2.75, 3.05) is 26.3 Å². The van der Waals surface area contributed by atoms with E-state index in [1.54, 1.807) is 11.3 Å².